The zero-order valence-corrected chi connectivity index (χ0v) is 48.9. The van der Waals surface area contributed by atoms with Gasteiger partial charge in [0.05, 0.1) is 0 Å². The van der Waals surface area contributed by atoms with Crippen LogP contribution in [-0.4, -0.2) is 32.8 Å². The van der Waals surface area contributed by atoms with Crippen LogP contribution in [0, 0.1) is 0 Å². The predicted octanol–water partition coefficient (Wildman–Crippen LogP) is 14.5. The molecule has 0 bridgehead atoms. The van der Waals surface area contributed by atoms with Crippen molar-refractivity contribution in [3.8, 4) is 0 Å². The second-order valence-electron chi connectivity index (χ2n) is 16.0. The largest absolute Gasteiger partial charge is 2.00 e. The van der Waals surface area contributed by atoms with E-state index in [1.54, 1.807) is 0 Å². The van der Waals surface area contributed by atoms with Gasteiger partial charge in [-0.25, -0.2) is 10.1 Å². The minimum Gasteiger partial charge on any atom is -0.854 e. The Labute approximate surface area is 393 Å². The summed E-state index contributed by atoms with van der Waals surface area (Å²) in [6.45, 7) is 9.02. The Hall–Kier alpha value is 3.35. The maximum absolute atomic E-state index is 12.0. The molecular formula is C44H94O4P2S4Zn2. The number of hydrogen-bond donors (Lipinski definition) is 2. The summed E-state index contributed by atoms with van der Waals surface area (Å²) in [7, 11) is -0.877. The van der Waals surface area contributed by atoms with Crippen LogP contribution in [0.1, 0.15) is 259 Å². The standard InChI is InChI=1S/C24H50O2PS2.C20H44O2PS2.2Zn/c1-3-5-7-9-11-13-15-17-19-21-23-29(27(25,26)28)24-22-20-18-16-14-12-10-8-6-4-2;1-3-5-7-9-11-13-15-17-19-25(23(21,22)24)20-18-16-14-12-10-8-6-4-2;;/h3-24H2,1-2H3;3-20H2,1-2H3,(H2-,21,22,24);;/q-3;-1;2*+2. The van der Waals surface area contributed by atoms with Gasteiger partial charge in [0.15, 0.2) is 0 Å². The smallest absolute Gasteiger partial charge is 0.854 e. The molecule has 56 heavy (non-hydrogen) atoms. The molecular weight excluding hydrogens is 913 g/mol. The molecule has 2 N–H and O–H groups in total. The first kappa shape index (κ1) is 66.0. The van der Waals surface area contributed by atoms with Crippen LogP contribution < -0.4 is 9.79 Å². The Kier molecular flexibility index (Phi) is 60.0. The van der Waals surface area contributed by atoms with Crippen LogP contribution in [0.5, 0.6) is 0 Å². The molecule has 0 atom stereocenters. The fourth-order valence-electron chi connectivity index (χ4n) is 6.98. The van der Waals surface area contributed by atoms with E-state index < -0.39 is 21.5 Å². The second kappa shape index (κ2) is 51.0. The van der Waals surface area contributed by atoms with Gasteiger partial charge >= 0.3 is 39.0 Å². The van der Waals surface area contributed by atoms with Crippen molar-refractivity contribution >= 4 is 56.0 Å². The average Bonchev–Trinajstić information content (AvgIpc) is 3.12. The molecule has 0 aliphatic rings. The van der Waals surface area contributed by atoms with Crippen molar-refractivity contribution in [1.82, 2.24) is 0 Å². The van der Waals surface area contributed by atoms with E-state index in [0.717, 1.165) is 48.7 Å². The third-order valence-corrected chi connectivity index (χ3v) is 24.8. The van der Waals surface area contributed by atoms with Gasteiger partial charge in [-0.15, -0.1) is 0 Å². The van der Waals surface area contributed by atoms with E-state index in [4.69, 9.17) is 24.5 Å². The van der Waals surface area contributed by atoms with E-state index in [0.29, 0.717) is 0 Å². The monoisotopic (exact) mass is 1000 g/mol. The molecule has 0 saturated carbocycles. The summed E-state index contributed by atoms with van der Waals surface area (Å²) < 4.78 is 0. The second-order valence-corrected chi connectivity index (χ2v) is 31.8. The minimum absolute atomic E-state index is 0. The Morgan fingerprint density at radius 3 is 0.643 bits per heavy atom. The van der Waals surface area contributed by atoms with Gasteiger partial charge in [0.25, 0.3) is 0 Å². The minimum atomic E-state index is -3.57. The Morgan fingerprint density at radius 2 is 0.482 bits per heavy atom. The maximum atomic E-state index is 12.0. The molecule has 4 nitrogen and oxygen atoms in total. The quantitative estimate of drug-likeness (QED) is 0.0275. The molecule has 12 heteroatoms. The Balaban J connectivity index is -0.000000471. The van der Waals surface area contributed by atoms with Crippen molar-refractivity contribution in [2.24, 2.45) is 0 Å². The van der Waals surface area contributed by atoms with Crippen LogP contribution in [0.25, 0.3) is 0 Å². The van der Waals surface area contributed by atoms with E-state index in [-0.39, 0.29) is 49.0 Å². The van der Waals surface area contributed by atoms with E-state index in [1.807, 2.05) is 0 Å². The van der Waals surface area contributed by atoms with Crippen LogP contribution in [0.15, 0.2) is 0 Å². The fraction of sp³-hybridized carbons (Fsp3) is 1.00. The van der Waals surface area contributed by atoms with Crippen LogP contribution in [-0.2, 0) is 83.6 Å². The van der Waals surface area contributed by atoms with Crippen LogP contribution in [0.4, 0.5) is 0 Å². The van der Waals surface area contributed by atoms with Crippen LogP contribution in [0.3, 0.4) is 0 Å². The Bertz CT molecular complexity index is 827. The van der Waals surface area contributed by atoms with Crippen molar-refractivity contribution in [2.45, 2.75) is 259 Å². The van der Waals surface area contributed by atoms with Gasteiger partial charge in [0.2, 0.25) is 0 Å². The molecule has 332 valence electrons. The SMILES string of the molecule is CCCCCCCCCCCCS(CCCCCCCCCCCC)=P([O-])([O-])[S-].CCCCCCCCCCS(CCCCCCCCCC)=P(O)(O)[S-].[Zn+2].[Zn+2]. The Morgan fingerprint density at radius 1 is 0.321 bits per heavy atom. The topological polar surface area (TPSA) is 86.6 Å². The van der Waals surface area contributed by atoms with E-state index in [2.05, 4.69) is 27.7 Å². The summed E-state index contributed by atoms with van der Waals surface area (Å²) in [5, 5.41) is 0. The molecule has 0 saturated heterocycles. The summed E-state index contributed by atoms with van der Waals surface area (Å²) in [4.78, 5) is 43.9. The molecule has 0 fully saturated rings. The molecule has 0 aliphatic carbocycles. The summed E-state index contributed by atoms with van der Waals surface area (Å²) in [6, 6.07) is 0. The zero-order valence-electron chi connectivity index (χ0n) is 37.9. The van der Waals surface area contributed by atoms with Gasteiger partial charge in [0, 0.05) is 5.69 Å². The average molecular weight is 1010 g/mol. The number of rotatable bonds is 40. The van der Waals surface area contributed by atoms with Gasteiger partial charge in [-0.3, -0.25) is 0 Å². The molecule has 0 spiro atoms. The summed E-state index contributed by atoms with van der Waals surface area (Å²) in [6.07, 6.45) is 46.6. The molecule has 0 heterocycles. The molecule has 0 aliphatic heterocycles. The van der Waals surface area contributed by atoms with Crippen LogP contribution >= 0.6 is 11.4 Å². The molecule has 0 aromatic heterocycles. The van der Waals surface area contributed by atoms with Gasteiger partial charge in [-0.2, -0.15) is 10.1 Å². The maximum Gasteiger partial charge on any atom is 2.00 e. The van der Waals surface area contributed by atoms with E-state index >= 15 is 0 Å². The molecule has 0 aromatic rings. The van der Waals surface area contributed by atoms with E-state index in [9.17, 15) is 19.6 Å². The molecule has 0 amide bonds. The first-order valence-electron chi connectivity index (χ1n) is 23.5. The third kappa shape index (κ3) is 51.7. The predicted molar refractivity (Wildman–Crippen MR) is 256 cm³/mol. The van der Waals surface area contributed by atoms with Gasteiger partial charge in [-0.1, -0.05) is 233 Å². The summed E-state index contributed by atoms with van der Waals surface area (Å²) in [5.74, 6) is 3.52. The van der Waals surface area contributed by atoms with E-state index in [1.165, 1.54) is 205 Å². The van der Waals surface area contributed by atoms with Crippen molar-refractivity contribution in [1.29, 1.82) is 0 Å². The third-order valence-electron chi connectivity index (χ3n) is 10.6. The number of unbranched alkanes of at least 4 members (excludes halogenated alkanes) is 32. The van der Waals surface area contributed by atoms with Gasteiger partial charge < -0.3 is 49.8 Å². The first-order chi connectivity index (χ1) is 26.0. The van der Waals surface area contributed by atoms with Crippen molar-refractivity contribution in [3.63, 3.8) is 0 Å². The normalized spacial score (nSPS) is 11.8. The van der Waals surface area contributed by atoms with Crippen molar-refractivity contribution in [3.05, 3.63) is 0 Å². The van der Waals surface area contributed by atoms with Crippen molar-refractivity contribution in [2.75, 3.05) is 23.0 Å². The zero-order chi connectivity index (χ0) is 40.4. The first-order valence-corrected chi connectivity index (χ1v) is 33.2. The summed E-state index contributed by atoms with van der Waals surface area (Å²) in [5.41, 5.74) is -6.62. The van der Waals surface area contributed by atoms with Crippen LogP contribution in [0.2, 0.25) is 0 Å². The molecule has 0 radical (unpaired) electrons. The van der Waals surface area contributed by atoms with Gasteiger partial charge in [-0.05, 0) is 48.7 Å². The molecule has 0 aromatic carbocycles. The summed E-state index contributed by atoms with van der Waals surface area (Å²) >= 11 is 9.90. The van der Waals surface area contributed by atoms with Crippen molar-refractivity contribution < 1.29 is 58.5 Å². The molecule has 0 unspecified atom stereocenters. The fourth-order valence-corrected chi connectivity index (χ4v) is 17.5. The molecule has 0 rings (SSSR count). The number of hydrogen-bond acceptors (Lipinski definition) is 4. The van der Waals surface area contributed by atoms with Gasteiger partial charge in [0.1, 0.15) is 0 Å².